The molecule has 0 aromatic carbocycles. The molecule has 1 heterocycles. The first-order valence-corrected chi connectivity index (χ1v) is 4.55. The van der Waals surface area contributed by atoms with Gasteiger partial charge in [0.2, 0.25) is 0 Å². The van der Waals surface area contributed by atoms with E-state index in [1.807, 2.05) is 6.92 Å². The highest BCUT2D eigenvalue weighted by Crippen LogP contribution is 2.19. The highest BCUT2D eigenvalue weighted by Gasteiger charge is 2.43. The Labute approximate surface area is 81.8 Å². The summed E-state index contributed by atoms with van der Waals surface area (Å²) < 4.78 is 0. The topological polar surface area (TPSA) is 104 Å². The maximum atomic E-state index is 10.8. The lowest BCUT2D eigenvalue weighted by Crippen LogP contribution is -2.78. The molecule has 80 valence electrons. The molecule has 0 radical (unpaired) electrons. The standard InChI is InChI=1S/C8H15N3O3/c1-2-3-8(9)4-10-7(8)11-5(12)6(13)14/h7,10H,2-4,9H2,1H3,(H,11,12)(H,13,14)/t7-,8?/m0/s1. The molecule has 5 N–H and O–H groups in total. The Hall–Kier alpha value is -1.14. The zero-order chi connectivity index (χ0) is 10.8. The second kappa shape index (κ2) is 3.93. The summed E-state index contributed by atoms with van der Waals surface area (Å²) in [5.74, 6) is -2.51. The molecule has 0 bridgehead atoms. The summed E-state index contributed by atoms with van der Waals surface area (Å²) in [5, 5.41) is 13.6. The van der Waals surface area contributed by atoms with Gasteiger partial charge in [-0.05, 0) is 6.42 Å². The van der Waals surface area contributed by atoms with Crippen LogP contribution in [0.2, 0.25) is 0 Å². The van der Waals surface area contributed by atoms with Gasteiger partial charge < -0.3 is 16.2 Å². The fourth-order valence-electron chi connectivity index (χ4n) is 1.55. The number of hydrogen-bond acceptors (Lipinski definition) is 4. The normalized spacial score (nSPS) is 30.6. The monoisotopic (exact) mass is 201 g/mol. The Morgan fingerprint density at radius 1 is 1.71 bits per heavy atom. The minimum Gasteiger partial charge on any atom is -0.474 e. The van der Waals surface area contributed by atoms with E-state index in [0.717, 1.165) is 12.8 Å². The van der Waals surface area contributed by atoms with Gasteiger partial charge in [0, 0.05) is 6.54 Å². The van der Waals surface area contributed by atoms with E-state index >= 15 is 0 Å². The van der Waals surface area contributed by atoms with E-state index in [1.165, 1.54) is 0 Å². The van der Waals surface area contributed by atoms with Crippen LogP contribution in [0.25, 0.3) is 0 Å². The van der Waals surface area contributed by atoms with Crippen LogP contribution in [0.4, 0.5) is 0 Å². The minimum atomic E-state index is -1.49. The van der Waals surface area contributed by atoms with E-state index in [4.69, 9.17) is 10.8 Å². The molecule has 6 nitrogen and oxygen atoms in total. The highest BCUT2D eigenvalue weighted by atomic mass is 16.4. The number of carboxylic acid groups (broad SMARTS) is 1. The summed E-state index contributed by atoms with van der Waals surface area (Å²) in [7, 11) is 0. The lowest BCUT2D eigenvalue weighted by molar-refractivity contribution is -0.151. The Kier molecular flexibility index (Phi) is 3.07. The van der Waals surface area contributed by atoms with Gasteiger partial charge in [-0.3, -0.25) is 10.1 Å². The molecule has 1 unspecified atom stereocenters. The van der Waals surface area contributed by atoms with Crippen molar-refractivity contribution in [1.82, 2.24) is 10.6 Å². The van der Waals surface area contributed by atoms with E-state index in [2.05, 4.69) is 10.6 Å². The number of nitrogens with two attached hydrogens (primary N) is 1. The maximum absolute atomic E-state index is 10.8. The Morgan fingerprint density at radius 2 is 2.36 bits per heavy atom. The van der Waals surface area contributed by atoms with Gasteiger partial charge in [-0.2, -0.15) is 0 Å². The van der Waals surface area contributed by atoms with Crippen LogP contribution in [-0.2, 0) is 9.59 Å². The van der Waals surface area contributed by atoms with Crippen molar-refractivity contribution in [2.24, 2.45) is 5.73 Å². The molecule has 1 aliphatic heterocycles. The number of carbonyl (C=O) groups excluding carboxylic acids is 1. The number of hydrogen-bond donors (Lipinski definition) is 4. The fraction of sp³-hybridized carbons (Fsp3) is 0.750. The predicted molar refractivity (Wildman–Crippen MR) is 49.4 cm³/mol. The summed E-state index contributed by atoms with van der Waals surface area (Å²) in [4.78, 5) is 21.1. The van der Waals surface area contributed by atoms with Crippen molar-refractivity contribution in [3.63, 3.8) is 0 Å². The smallest absolute Gasteiger partial charge is 0.394 e. The Balaban J connectivity index is 2.47. The summed E-state index contributed by atoms with van der Waals surface area (Å²) in [6.07, 6.45) is 1.23. The second-order valence-electron chi connectivity index (χ2n) is 3.58. The van der Waals surface area contributed by atoms with Crippen LogP contribution in [0.15, 0.2) is 0 Å². The molecular weight excluding hydrogens is 186 g/mol. The quantitative estimate of drug-likeness (QED) is 0.421. The molecule has 0 spiro atoms. The molecule has 6 heteroatoms. The number of amides is 1. The molecule has 1 rings (SSSR count). The first kappa shape index (κ1) is 10.9. The molecule has 2 atom stereocenters. The van der Waals surface area contributed by atoms with Crippen LogP contribution >= 0.6 is 0 Å². The van der Waals surface area contributed by atoms with Gasteiger partial charge >= 0.3 is 11.9 Å². The van der Waals surface area contributed by atoms with E-state index in [1.54, 1.807) is 0 Å². The predicted octanol–water partition coefficient (Wildman–Crippen LogP) is -1.39. The van der Waals surface area contributed by atoms with Crippen LogP contribution in [0.3, 0.4) is 0 Å². The molecule has 1 saturated heterocycles. The molecule has 0 aliphatic carbocycles. The van der Waals surface area contributed by atoms with Crippen molar-refractivity contribution in [3.05, 3.63) is 0 Å². The molecule has 14 heavy (non-hydrogen) atoms. The van der Waals surface area contributed by atoms with Crippen molar-refractivity contribution in [2.45, 2.75) is 31.5 Å². The SMILES string of the molecule is CCCC1(N)CN[C@H]1NC(=O)C(=O)O. The third kappa shape index (κ3) is 2.02. The van der Waals surface area contributed by atoms with Gasteiger partial charge in [0.25, 0.3) is 0 Å². The average molecular weight is 201 g/mol. The maximum Gasteiger partial charge on any atom is 0.394 e. The minimum absolute atomic E-state index is 0.425. The van der Waals surface area contributed by atoms with Crippen LogP contribution in [0.5, 0.6) is 0 Å². The lowest BCUT2D eigenvalue weighted by Gasteiger charge is -2.47. The third-order valence-corrected chi connectivity index (χ3v) is 2.40. The van der Waals surface area contributed by atoms with Crippen molar-refractivity contribution >= 4 is 11.9 Å². The number of carboxylic acids is 1. The highest BCUT2D eigenvalue weighted by molar-refractivity contribution is 6.31. The fourth-order valence-corrected chi connectivity index (χ4v) is 1.55. The van der Waals surface area contributed by atoms with Gasteiger partial charge in [-0.1, -0.05) is 13.3 Å². The molecule has 1 amide bonds. The molecule has 1 fully saturated rings. The lowest BCUT2D eigenvalue weighted by atomic mass is 9.84. The molecule has 1 aliphatic rings. The van der Waals surface area contributed by atoms with Gasteiger partial charge in [-0.15, -0.1) is 0 Å². The van der Waals surface area contributed by atoms with Gasteiger partial charge in [0.1, 0.15) is 0 Å². The zero-order valence-electron chi connectivity index (χ0n) is 8.04. The van der Waals surface area contributed by atoms with Crippen molar-refractivity contribution < 1.29 is 14.7 Å². The van der Waals surface area contributed by atoms with Gasteiger partial charge in [0.15, 0.2) is 0 Å². The van der Waals surface area contributed by atoms with Gasteiger partial charge in [-0.25, -0.2) is 4.79 Å². The molecule has 0 saturated carbocycles. The third-order valence-electron chi connectivity index (χ3n) is 2.40. The average Bonchev–Trinajstić information content (AvgIpc) is 2.12. The van der Waals surface area contributed by atoms with Crippen molar-refractivity contribution in [1.29, 1.82) is 0 Å². The first-order valence-electron chi connectivity index (χ1n) is 4.55. The summed E-state index contributed by atoms with van der Waals surface area (Å²) in [6, 6.07) is 0. The van der Waals surface area contributed by atoms with E-state index in [9.17, 15) is 9.59 Å². The van der Waals surface area contributed by atoms with Crippen LogP contribution < -0.4 is 16.4 Å². The van der Waals surface area contributed by atoms with Crippen molar-refractivity contribution in [3.8, 4) is 0 Å². The van der Waals surface area contributed by atoms with Crippen LogP contribution in [0, 0.1) is 0 Å². The largest absolute Gasteiger partial charge is 0.474 e. The number of aliphatic carboxylic acids is 1. The van der Waals surface area contributed by atoms with Gasteiger partial charge in [0.05, 0.1) is 11.7 Å². The van der Waals surface area contributed by atoms with Crippen LogP contribution in [-0.4, -0.2) is 35.2 Å². The van der Waals surface area contributed by atoms with Crippen LogP contribution in [0.1, 0.15) is 19.8 Å². The molecule has 0 aromatic rings. The molecule has 0 aromatic heterocycles. The first-order chi connectivity index (χ1) is 6.49. The number of rotatable bonds is 3. The second-order valence-corrected chi connectivity index (χ2v) is 3.58. The van der Waals surface area contributed by atoms with Crippen molar-refractivity contribution in [2.75, 3.05) is 6.54 Å². The number of nitrogens with one attached hydrogen (secondary N) is 2. The van der Waals surface area contributed by atoms with E-state index in [-0.39, 0.29) is 0 Å². The van der Waals surface area contributed by atoms with E-state index < -0.39 is 23.6 Å². The Morgan fingerprint density at radius 3 is 2.71 bits per heavy atom. The van der Waals surface area contributed by atoms with E-state index in [0.29, 0.717) is 6.54 Å². The summed E-state index contributed by atoms with van der Waals surface area (Å²) in [5.41, 5.74) is 5.44. The number of carbonyl (C=O) groups is 2. The Bertz CT molecular complexity index is 256. The summed E-state index contributed by atoms with van der Waals surface area (Å²) in [6.45, 7) is 2.59. The summed E-state index contributed by atoms with van der Waals surface area (Å²) >= 11 is 0. The zero-order valence-corrected chi connectivity index (χ0v) is 8.04. The molecular formula is C8H15N3O3.